The summed E-state index contributed by atoms with van der Waals surface area (Å²) in [6, 6.07) is 0. The lowest BCUT2D eigenvalue weighted by atomic mass is 9.76. The number of allylic oxidation sites excluding steroid dienone is 3. The Morgan fingerprint density at radius 3 is 2.92 bits per heavy atom. The molecule has 1 N–H and O–H groups in total. The highest BCUT2D eigenvalue weighted by Gasteiger charge is 2.26. The van der Waals surface area contributed by atoms with Crippen LogP contribution in [0.15, 0.2) is 29.5 Å². The summed E-state index contributed by atoms with van der Waals surface area (Å²) in [4.78, 5) is 0. The zero-order valence-corrected chi connectivity index (χ0v) is 7.45. The van der Waals surface area contributed by atoms with E-state index in [-0.39, 0.29) is 5.41 Å². The smallest absolute Gasteiger partial charge is 0.0538 e. The third kappa shape index (κ3) is 1.76. The van der Waals surface area contributed by atoms with Crippen molar-refractivity contribution in [2.24, 2.45) is 10.6 Å². The third-order valence-corrected chi connectivity index (χ3v) is 2.54. The molecule has 12 heavy (non-hydrogen) atoms. The van der Waals surface area contributed by atoms with Crippen LogP contribution >= 0.6 is 0 Å². The van der Waals surface area contributed by atoms with E-state index in [1.165, 1.54) is 5.57 Å². The summed E-state index contributed by atoms with van der Waals surface area (Å²) in [6.45, 7) is 5.90. The molecule has 0 aromatic carbocycles. The Morgan fingerprint density at radius 2 is 2.50 bits per heavy atom. The zero-order valence-electron chi connectivity index (χ0n) is 7.45. The Balaban J connectivity index is 2.77. The molecule has 2 nitrogen and oxygen atoms in total. The molecule has 1 rings (SSSR count). The van der Waals surface area contributed by atoms with Crippen LogP contribution in [0.1, 0.15) is 26.2 Å². The lowest BCUT2D eigenvalue weighted by Gasteiger charge is -2.28. The largest absolute Gasteiger partial charge is 0.411 e. The second kappa shape index (κ2) is 3.57. The molecular weight excluding hydrogens is 150 g/mol. The molecule has 0 saturated heterocycles. The molecule has 1 aliphatic carbocycles. The first-order valence-electron chi connectivity index (χ1n) is 4.20. The fourth-order valence-electron chi connectivity index (χ4n) is 1.47. The molecule has 0 bridgehead atoms. The van der Waals surface area contributed by atoms with E-state index >= 15 is 0 Å². The van der Waals surface area contributed by atoms with Gasteiger partial charge >= 0.3 is 0 Å². The SMILES string of the molecule is C=CC1(/C=N/O)CC=C(C)CC1. The molecular formula is C10H15NO. The van der Waals surface area contributed by atoms with Crippen LogP contribution in [0.4, 0.5) is 0 Å². The Bertz CT molecular complexity index is 230. The van der Waals surface area contributed by atoms with Crippen molar-refractivity contribution in [2.75, 3.05) is 0 Å². The maximum Gasteiger partial charge on any atom is 0.0538 e. The minimum Gasteiger partial charge on any atom is -0.411 e. The van der Waals surface area contributed by atoms with E-state index in [4.69, 9.17) is 5.21 Å². The highest BCUT2D eigenvalue weighted by Crippen LogP contribution is 2.34. The quantitative estimate of drug-likeness (QED) is 0.290. The van der Waals surface area contributed by atoms with E-state index in [1.807, 2.05) is 6.08 Å². The van der Waals surface area contributed by atoms with Crippen molar-refractivity contribution in [1.29, 1.82) is 0 Å². The highest BCUT2D eigenvalue weighted by molar-refractivity contribution is 5.68. The number of oxime groups is 1. The topological polar surface area (TPSA) is 32.6 Å². The lowest BCUT2D eigenvalue weighted by molar-refractivity contribution is 0.312. The molecule has 1 aliphatic rings. The molecule has 0 saturated carbocycles. The summed E-state index contributed by atoms with van der Waals surface area (Å²) in [6.07, 6.45) is 8.62. The molecule has 2 heteroatoms. The van der Waals surface area contributed by atoms with E-state index in [0.29, 0.717) is 0 Å². The van der Waals surface area contributed by atoms with Crippen LogP contribution in [-0.2, 0) is 0 Å². The van der Waals surface area contributed by atoms with Crippen molar-refractivity contribution in [2.45, 2.75) is 26.2 Å². The standard InChI is InChI=1S/C10H15NO/c1-3-10(8-11-12)6-4-9(2)5-7-10/h3-4,8,12H,1,5-7H2,2H3/b11-8+. The fraction of sp³-hybridized carbons (Fsp3) is 0.500. The molecule has 0 fully saturated rings. The van der Waals surface area contributed by atoms with Crippen LogP contribution in [0.3, 0.4) is 0 Å². The number of rotatable bonds is 2. The third-order valence-electron chi connectivity index (χ3n) is 2.54. The number of hydrogen-bond donors (Lipinski definition) is 1. The van der Waals surface area contributed by atoms with Gasteiger partial charge in [0.25, 0.3) is 0 Å². The Kier molecular flexibility index (Phi) is 2.69. The van der Waals surface area contributed by atoms with Crippen LogP contribution in [0.2, 0.25) is 0 Å². The molecule has 0 spiro atoms. The molecule has 0 aliphatic heterocycles. The Hall–Kier alpha value is -1.05. The fourth-order valence-corrected chi connectivity index (χ4v) is 1.47. The van der Waals surface area contributed by atoms with E-state index in [0.717, 1.165) is 19.3 Å². The molecule has 0 amide bonds. The second-order valence-electron chi connectivity index (χ2n) is 3.44. The first-order chi connectivity index (χ1) is 5.72. The molecule has 1 atom stereocenters. The first kappa shape index (κ1) is 9.04. The average Bonchev–Trinajstić information content (AvgIpc) is 2.10. The van der Waals surface area contributed by atoms with E-state index in [1.54, 1.807) is 6.21 Å². The second-order valence-corrected chi connectivity index (χ2v) is 3.44. The van der Waals surface area contributed by atoms with Crippen LogP contribution in [0, 0.1) is 5.41 Å². The Morgan fingerprint density at radius 1 is 1.75 bits per heavy atom. The number of nitrogens with zero attached hydrogens (tertiary/aromatic N) is 1. The van der Waals surface area contributed by atoms with Crippen LogP contribution in [0.25, 0.3) is 0 Å². The predicted octanol–water partition coefficient (Wildman–Crippen LogP) is 2.75. The molecule has 0 aromatic rings. The van der Waals surface area contributed by atoms with E-state index in [2.05, 4.69) is 24.7 Å². The van der Waals surface area contributed by atoms with Gasteiger partial charge in [-0.2, -0.15) is 0 Å². The molecule has 1 unspecified atom stereocenters. The molecule has 0 radical (unpaired) electrons. The van der Waals surface area contributed by atoms with Crippen LogP contribution in [-0.4, -0.2) is 11.4 Å². The number of hydrogen-bond acceptors (Lipinski definition) is 2. The van der Waals surface area contributed by atoms with Gasteiger partial charge in [-0.15, -0.1) is 11.7 Å². The van der Waals surface area contributed by atoms with Crippen molar-refractivity contribution in [3.8, 4) is 0 Å². The Labute approximate surface area is 73.3 Å². The van der Waals surface area contributed by atoms with Gasteiger partial charge in [-0.1, -0.05) is 17.7 Å². The minimum absolute atomic E-state index is 0.103. The van der Waals surface area contributed by atoms with E-state index < -0.39 is 0 Å². The zero-order chi connectivity index (χ0) is 9.03. The van der Waals surface area contributed by atoms with Gasteiger partial charge in [0.15, 0.2) is 0 Å². The summed E-state index contributed by atoms with van der Waals surface area (Å²) in [7, 11) is 0. The van der Waals surface area contributed by atoms with Gasteiger partial charge in [0, 0.05) is 5.41 Å². The van der Waals surface area contributed by atoms with Crippen LogP contribution in [0.5, 0.6) is 0 Å². The minimum atomic E-state index is -0.103. The van der Waals surface area contributed by atoms with Crippen molar-refractivity contribution in [3.63, 3.8) is 0 Å². The lowest BCUT2D eigenvalue weighted by Crippen LogP contribution is -2.21. The highest BCUT2D eigenvalue weighted by atomic mass is 16.4. The van der Waals surface area contributed by atoms with Gasteiger partial charge in [0.05, 0.1) is 6.21 Å². The summed E-state index contributed by atoms with van der Waals surface area (Å²) in [5.41, 5.74) is 1.31. The van der Waals surface area contributed by atoms with Crippen molar-refractivity contribution < 1.29 is 5.21 Å². The summed E-state index contributed by atoms with van der Waals surface area (Å²) >= 11 is 0. The van der Waals surface area contributed by atoms with Gasteiger partial charge in [-0.05, 0) is 26.2 Å². The summed E-state index contributed by atoms with van der Waals surface area (Å²) < 4.78 is 0. The van der Waals surface area contributed by atoms with E-state index in [9.17, 15) is 0 Å². The van der Waals surface area contributed by atoms with Gasteiger partial charge in [-0.3, -0.25) is 0 Å². The van der Waals surface area contributed by atoms with Crippen molar-refractivity contribution in [1.82, 2.24) is 0 Å². The maximum absolute atomic E-state index is 8.48. The molecule has 0 aromatic heterocycles. The van der Waals surface area contributed by atoms with Crippen LogP contribution < -0.4 is 0 Å². The van der Waals surface area contributed by atoms with Crippen molar-refractivity contribution in [3.05, 3.63) is 24.3 Å². The summed E-state index contributed by atoms with van der Waals surface area (Å²) in [5.74, 6) is 0. The predicted molar refractivity (Wildman–Crippen MR) is 50.5 cm³/mol. The first-order valence-corrected chi connectivity index (χ1v) is 4.20. The monoisotopic (exact) mass is 165 g/mol. The summed E-state index contributed by atoms with van der Waals surface area (Å²) in [5, 5.41) is 11.6. The molecule has 0 heterocycles. The van der Waals surface area contributed by atoms with Gasteiger partial charge in [0.2, 0.25) is 0 Å². The average molecular weight is 165 g/mol. The normalized spacial score (nSPS) is 30.2. The van der Waals surface area contributed by atoms with Gasteiger partial charge in [-0.25, -0.2) is 0 Å². The van der Waals surface area contributed by atoms with Gasteiger partial charge in [0.1, 0.15) is 0 Å². The molecule has 66 valence electrons. The van der Waals surface area contributed by atoms with Gasteiger partial charge < -0.3 is 5.21 Å². The maximum atomic E-state index is 8.48. The van der Waals surface area contributed by atoms with Crippen molar-refractivity contribution >= 4 is 6.21 Å².